The average molecular weight is 319 g/mol. The molecular formula is C14H23ClN2O2S. The molecule has 0 aliphatic rings. The molecule has 0 radical (unpaired) electrons. The van der Waals surface area contributed by atoms with Crippen molar-refractivity contribution in [2.45, 2.75) is 51.5 Å². The first kappa shape index (κ1) is 17.3. The third kappa shape index (κ3) is 4.96. The molecule has 6 heteroatoms. The van der Waals surface area contributed by atoms with Gasteiger partial charge in [0.1, 0.15) is 4.90 Å². The lowest BCUT2D eigenvalue weighted by molar-refractivity contribution is 0.269. The van der Waals surface area contributed by atoms with Crippen LogP contribution in [0.3, 0.4) is 0 Å². The Balaban J connectivity index is 3.06. The normalized spacial score (nSPS) is 13.5. The Morgan fingerprint density at radius 3 is 2.20 bits per heavy atom. The fourth-order valence-electron chi connectivity index (χ4n) is 2.54. The maximum Gasteiger partial charge on any atom is 0.243 e. The minimum Gasteiger partial charge on any atom is -0.398 e. The van der Waals surface area contributed by atoms with E-state index in [0.717, 1.165) is 0 Å². The smallest absolute Gasteiger partial charge is 0.243 e. The highest BCUT2D eigenvalue weighted by Gasteiger charge is 2.31. The van der Waals surface area contributed by atoms with E-state index in [1.54, 1.807) is 0 Å². The minimum absolute atomic E-state index is 0.0115. The highest BCUT2D eigenvalue weighted by Crippen LogP contribution is 2.29. The van der Waals surface area contributed by atoms with Crippen LogP contribution >= 0.6 is 11.6 Å². The standard InChI is InChI=1S/C14H23ClN2O2S/c1-13(2,3)9-14(4,5)17-20(18,19)12-7-6-10(15)8-11(12)16/h6-8,17H,9,16H2,1-5H3. The number of benzene rings is 1. The molecule has 0 fully saturated rings. The lowest BCUT2D eigenvalue weighted by atomic mass is 9.82. The molecule has 0 aliphatic carbocycles. The van der Waals surface area contributed by atoms with E-state index in [4.69, 9.17) is 17.3 Å². The molecule has 0 spiro atoms. The van der Waals surface area contributed by atoms with Crippen LogP contribution in [0.4, 0.5) is 5.69 Å². The van der Waals surface area contributed by atoms with Crippen LogP contribution in [0.25, 0.3) is 0 Å². The number of hydrogen-bond donors (Lipinski definition) is 2. The summed E-state index contributed by atoms with van der Waals surface area (Å²) < 4.78 is 27.6. The number of nitrogens with one attached hydrogen (secondary N) is 1. The molecule has 3 N–H and O–H groups in total. The third-order valence-corrected chi connectivity index (χ3v) is 4.65. The molecule has 1 aromatic rings. The van der Waals surface area contributed by atoms with Gasteiger partial charge in [0.25, 0.3) is 0 Å². The number of halogens is 1. The van der Waals surface area contributed by atoms with Crippen LogP contribution in [0.5, 0.6) is 0 Å². The van der Waals surface area contributed by atoms with Crippen LogP contribution in [0.1, 0.15) is 41.0 Å². The van der Waals surface area contributed by atoms with Crippen LogP contribution in [-0.2, 0) is 10.0 Å². The Bertz CT molecular complexity index is 590. The number of anilines is 1. The molecule has 4 nitrogen and oxygen atoms in total. The second-order valence-corrected chi connectivity index (χ2v) is 9.00. The molecular weight excluding hydrogens is 296 g/mol. The first-order valence-electron chi connectivity index (χ1n) is 6.41. The Hall–Kier alpha value is -0.780. The van der Waals surface area contributed by atoms with Crippen molar-refractivity contribution >= 4 is 27.3 Å². The molecule has 0 unspecified atom stereocenters. The van der Waals surface area contributed by atoms with Crippen molar-refractivity contribution in [2.75, 3.05) is 5.73 Å². The molecule has 1 aromatic carbocycles. The van der Waals surface area contributed by atoms with Gasteiger partial charge in [-0.2, -0.15) is 0 Å². The molecule has 0 aliphatic heterocycles. The summed E-state index contributed by atoms with van der Waals surface area (Å²) in [6.07, 6.45) is 0.701. The zero-order valence-electron chi connectivity index (χ0n) is 12.6. The van der Waals surface area contributed by atoms with Gasteiger partial charge in [0.05, 0.1) is 5.69 Å². The maximum absolute atomic E-state index is 12.4. The van der Waals surface area contributed by atoms with Gasteiger partial charge in [-0.25, -0.2) is 13.1 Å². The zero-order valence-corrected chi connectivity index (χ0v) is 14.2. The Kier molecular flexibility index (Phi) is 4.79. The third-order valence-electron chi connectivity index (χ3n) is 2.64. The number of nitrogen functional groups attached to an aromatic ring is 1. The van der Waals surface area contributed by atoms with Crippen molar-refractivity contribution in [3.05, 3.63) is 23.2 Å². The van der Waals surface area contributed by atoms with Gasteiger partial charge in [-0.3, -0.25) is 0 Å². The van der Waals surface area contributed by atoms with Gasteiger partial charge in [-0.05, 0) is 43.9 Å². The van der Waals surface area contributed by atoms with Crippen molar-refractivity contribution in [1.82, 2.24) is 4.72 Å². The van der Waals surface area contributed by atoms with Gasteiger partial charge >= 0.3 is 0 Å². The van der Waals surface area contributed by atoms with Crippen LogP contribution in [-0.4, -0.2) is 14.0 Å². The lowest BCUT2D eigenvalue weighted by Gasteiger charge is -2.33. The summed E-state index contributed by atoms with van der Waals surface area (Å²) in [6, 6.07) is 4.38. The molecule has 0 saturated heterocycles. The summed E-state index contributed by atoms with van der Waals surface area (Å²) in [7, 11) is -3.67. The quantitative estimate of drug-likeness (QED) is 0.835. The fourth-order valence-corrected chi connectivity index (χ4v) is 4.25. The molecule has 114 valence electrons. The SMILES string of the molecule is CC(C)(C)CC(C)(C)NS(=O)(=O)c1ccc(Cl)cc1N. The van der Waals surface area contributed by atoms with Crippen LogP contribution < -0.4 is 10.5 Å². The summed E-state index contributed by atoms with van der Waals surface area (Å²) in [6.45, 7) is 9.93. The van der Waals surface area contributed by atoms with Gasteiger partial charge in [-0.1, -0.05) is 32.4 Å². The van der Waals surface area contributed by atoms with Crippen molar-refractivity contribution in [3.63, 3.8) is 0 Å². The average Bonchev–Trinajstić information content (AvgIpc) is 2.09. The van der Waals surface area contributed by atoms with Gasteiger partial charge in [0, 0.05) is 10.6 Å². The first-order chi connectivity index (χ1) is 8.82. The largest absolute Gasteiger partial charge is 0.398 e. The van der Waals surface area contributed by atoms with E-state index in [2.05, 4.69) is 25.5 Å². The Morgan fingerprint density at radius 1 is 1.20 bits per heavy atom. The lowest BCUT2D eigenvalue weighted by Crippen LogP contribution is -2.45. The first-order valence-corrected chi connectivity index (χ1v) is 8.28. The van der Waals surface area contributed by atoms with Crippen molar-refractivity contribution in [1.29, 1.82) is 0 Å². The van der Waals surface area contributed by atoms with Gasteiger partial charge in [-0.15, -0.1) is 0 Å². The summed E-state index contributed by atoms with van der Waals surface area (Å²) in [5.41, 5.74) is 5.34. The predicted octanol–water partition coefficient (Wildman–Crippen LogP) is 3.42. The van der Waals surface area contributed by atoms with Crippen LogP contribution in [0.15, 0.2) is 23.1 Å². The monoisotopic (exact) mass is 318 g/mol. The molecule has 0 atom stereocenters. The molecule has 0 bridgehead atoms. The highest BCUT2D eigenvalue weighted by molar-refractivity contribution is 7.89. The molecule has 0 aromatic heterocycles. The van der Waals surface area contributed by atoms with Gasteiger partial charge in [0.2, 0.25) is 10.0 Å². The number of sulfonamides is 1. The second kappa shape index (κ2) is 5.54. The fraction of sp³-hybridized carbons (Fsp3) is 0.571. The van der Waals surface area contributed by atoms with E-state index < -0.39 is 15.6 Å². The van der Waals surface area contributed by atoms with Crippen LogP contribution in [0.2, 0.25) is 5.02 Å². The topological polar surface area (TPSA) is 72.2 Å². The highest BCUT2D eigenvalue weighted by atomic mass is 35.5. The molecule has 20 heavy (non-hydrogen) atoms. The van der Waals surface area contributed by atoms with E-state index in [1.165, 1.54) is 18.2 Å². The minimum atomic E-state index is -3.67. The predicted molar refractivity (Wildman–Crippen MR) is 84.3 cm³/mol. The number of hydrogen-bond acceptors (Lipinski definition) is 3. The Labute approximate surface area is 126 Å². The summed E-state index contributed by atoms with van der Waals surface area (Å²) in [4.78, 5) is 0.0592. The summed E-state index contributed by atoms with van der Waals surface area (Å²) in [5.74, 6) is 0. The molecule has 0 amide bonds. The van der Waals surface area contributed by atoms with Gasteiger partial charge in [0.15, 0.2) is 0 Å². The summed E-state index contributed by atoms with van der Waals surface area (Å²) in [5, 5.41) is 0.412. The zero-order chi connectivity index (χ0) is 15.8. The van der Waals surface area contributed by atoms with Crippen LogP contribution in [0, 0.1) is 5.41 Å². The maximum atomic E-state index is 12.4. The number of nitrogens with two attached hydrogens (primary N) is 1. The molecule has 0 saturated carbocycles. The van der Waals surface area contributed by atoms with E-state index in [1.807, 2.05) is 13.8 Å². The Morgan fingerprint density at radius 2 is 1.75 bits per heavy atom. The van der Waals surface area contributed by atoms with E-state index >= 15 is 0 Å². The van der Waals surface area contributed by atoms with E-state index in [-0.39, 0.29) is 16.0 Å². The van der Waals surface area contributed by atoms with Crippen molar-refractivity contribution < 1.29 is 8.42 Å². The molecule has 1 rings (SSSR count). The molecule has 0 heterocycles. The van der Waals surface area contributed by atoms with Gasteiger partial charge < -0.3 is 5.73 Å². The van der Waals surface area contributed by atoms with E-state index in [0.29, 0.717) is 11.4 Å². The number of rotatable bonds is 4. The van der Waals surface area contributed by atoms with Crippen molar-refractivity contribution in [2.24, 2.45) is 5.41 Å². The van der Waals surface area contributed by atoms with Crippen molar-refractivity contribution in [3.8, 4) is 0 Å². The second-order valence-electron chi connectivity index (χ2n) is 6.91. The summed E-state index contributed by atoms with van der Waals surface area (Å²) >= 11 is 5.79. The van der Waals surface area contributed by atoms with E-state index in [9.17, 15) is 8.42 Å².